The standard InChI is InChI=1S/C24H44O6/c1-19(25)17-20(26)18-21-13-11-9-7-5-3-2-4-6-8-10-12-14-22(27)23(28)15-16-24(29)30-21/h15-16,19-23,25-28H,2-14,17-18H2,1H3/b16-15-/t19-,20-,21+,22+,23-/m1/s1. The zero-order valence-corrected chi connectivity index (χ0v) is 18.8. The van der Waals surface area contributed by atoms with E-state index in [2.05, 4.69) is 0 Å². The lowest BCUT2D eigenvalue weighted by Crippen LogP contribution is -2.26. The molecule has 0 saturated heterocycles. The van der Waals surface area contributed by atoms with Crippen LogP contribution in [0.2, 0.25) is 0 Å². The van der Waals surface area contributed by atoms with Crippen LogP contribution in [0, 0.1) is 0 Å². The molecule has 0 fully saturated rings. The highest BCUT2D eigenvalue weighted by Gasteiger charge is 2.20. The molecule has 30 heavy (non-hydrogen) atoms. The van der Waals surface area contributed by atoms with Gasteiger partial charge in [0.1, 0.15) is 6.10 Å². The Morgan fingerprint density at radius 3 is 1.93 bits per heavy atom. The second-order valence-electron chi connectivity index (χ2n) is 8.92. The van der Waals surface area contributed by atoms with E-state index >= 15 is 0 Å². The number of hydrogen-bond acceptors (Lipinski definition) is 6. The molecule has 0 amide bonds. The molecule has 6 heteroatoms. The minimum atomic E-state index is -1.09. The zero-order chi connectivity index (χ0) is 22.2. The molecule has 0 aromatic heterocycles. The number of carbonyl (C=O) groups excluding carboxylic acids is 1. The molecular formula is C24H44O6. The molecular weight excluding hydrogens is 384 g/mol. The predicted molar refractivity (Wildman–Crippen MR) is 118 cm³/mol. The monoisotopic (exact) mass is 428 g/mol. The molecule has 0 bridgehead atoms. The van der Waals surface area contributed by atoms with E-state index in [4.69, 9.17) is 4.74 Å². The van der Waals surface area contributed by atoms with Gasteiger partial charge >= 0.3 is 5.97 Å². The van der Waals surface area contributed by atoms with Crippen molar-refractivity contribution in [2.45, 2.75) is 134 Å². The number of aliphatic hydroxyl groups excluding tert-OH is 4. The Balaban J connectivity index is 2.64. The van der Waals surface area contributed by atoms with Crippen LogP contribution in [0.1, 0.15) is 103 Å². The van der Waals surface area contributed by atoms with E-state index in [1.54, 1.807) is 6.92 Å². The minimum Gasteiger partial charge on any atom is -0.459 e. The highest BCUT2D eigenvalue weighted by molar-refractivity contribution is 5.82. The molecule has 0 radical (unpaired) electrons. The maximum Gasteiger partial charge on any atom is 0.330 e. The molecule has 0 aromatic carbocycles. The van der Waals surface area contributed by atoms with Gasteiger partial charge in [-0.25, -0.2) is 4.79 Å². The van der Waals surface area contributed by atoms with Crippen LogP contribution in [-0.2, 0) is 9.53 Å². The first-order chi connectivity index (χ1) is 14.4. The summed E-state index contributed by atoms with van der Waals surface area (Å²) in [5, 5.41) is 39.7. The molecule has 0 aliphatic carbocycles. The third kappa shape index (κ3) is 14.1. The lowest BCUT2D eigenvalue weighted by Gasteiger charge is -2.21. The van der Waals surface area contributed by atoms with Crippen molar-refractivity contribution in [1.29, 1.82) is 0 Å². The lowest BCUT2D eigenvalue weighted by molar-refractivity contribution is -0.145. The molecule has 0 aromatic rings. The molecule has 176 valence electrons. The summed E-state index contributed by atoms with van der Waals surface area (Å²) in [4.78, 5) is 12.2. The van der Waals surface area contributed by atoms with Crippen LogP contribution < -0.4 is 0 Å². The van der Waals surface area contributed by atoms with E-state index in [0.717, 1.165) is 32.1 Å². The molecule has 6 nitrogen and oxygen atoms in total. The lowest BCUT2D eigenvalue weighted by atomic mass is 10.00. The van der Waals surface area contributed by atoms with Gasteiger partial charge in [-0.1, -0.05) is 64.2 Å². The number of carbonyl (C=O) groups is 1. The van der Waals surface area contributed by atoms with Crippen LogP contribution in [0.3, 0.4) is 0 Å². The van der Waals surface area contributed by atoms with Gasteiger partial charge < -0.3 is 25.2 Å². The number of esters is 1. The largest absolute Gasteiger partial charge is 0.459 e. The van der Waals surface area contributed by atoms with Crippen molar-refractivity contribution in [2.24, 2.45) is 0 Å². The maximum absolute atomic E-state index is 12.2. The van der Waals surface area contributed by atoms with Gasteiger partial charge in [0.2, 0.25) is 0 Å². The Kier molecular flexibility index (Phi) is 15.1. The van der Waals surface area contributed by atoms with Gasteiger partial charge in [0, 0.05) is 12.5 Å². The van der Waals surface area contributed by atoms with Crippen LogP contribution >= 0.6 is 0 Å². The van der Waals surface area contributed by atoms with E-state index in [1.165, 1.54) is 50.7 Å². The van der Waals surface area contributed by atoms with Crippen molar-refractivity contribution in [3.63, 3.8) is 0 Å². The normalized spacial score (nSPS) is 30.0. The average Bonchev–Trinajstić information content (AvgIpc) is 2.67. The van der Waals surface area contributed by atoms with E-state index in [-0.39, 0.29) is 12.8 Å². The van der Waals surface area contributed by atoms with Gasteiger partial charge in [0.25, 0.3) is 0 Å². The summed E-state index contributed by atoms with van der Waals surface area (Å²) in [5.74, 6) is -0.579. The summed E-state index contributed by atoms with van der Waals surface area (Å²) in [6.45, 7) is 1.62. The Hall–Kier alpha value is -0.950. The SMILES string of the molecule is C[C@@H](O)C[C@@H](O)C[C@@H]1CCCCCCCCCCCCC[C@H](O)[C@H](O)/C=C\C(=O)O1. The van der Waals surface area contributed by atoms with Crippen molar-refractivity contribution < 1.29 is 30.0 Å². The van der Waals surface area contributed by atoms with Crippen LogP contribution in [0.15, 0.2) is 12.2 Å². The topological polar surface area (TPSA) is 107 Å². The van der Waals surface area contributed by atoms with Gasteiger partial charge in [-0.15, -0.1) is 0 Å². The number of rotatable bonds is 4. The molecule has 0 unspecified atom stereocenters. The predicted octanol–water partition coefficient (Wildman–Crippen LogP) is 3.78. The van der Waals surface area contributed by atoms with Crippen LogP contribution in [0.4, 0.5) is 0 Å². The fourth-order valence-electron chi connectivity index (χ4n) is 4.01. The number of aliphatic hydroxyl groups is 4. The third-order valence-electron chi connectivity index (χ3n) is 5.78. The molecule has 1 aliphatic heterocycles. The Morgan fingerprint density at radius 1 is 0.900 bits per heavy atom. The summed E-state index contributed by atoms with van der Waals surface area (Å²) in [5.41, 5.74) is 0. The van der Waals surface area contributed by atoms with Gasteiger partial charge in [0.05, 0.1) is 24.4 Å². The first-order valence-corrected chi connectivity index (χ1v) is 12.0. The Labute approximate surface area is 182 Å². The van der Waals surface area contributed by atoms with Gasteiger partial charge in [0.15, 0.2) is 0 Å². The van der Waals surface area contributed by atoms with Crippen molar-refractivity contribution in [1.82, 2.24) is 0 Å². The van der Waals surface area contributed by atoms with Crippen molar-refractivity contribution in [3.8, 4) is 0 Å². The number of hydrogen-bond donors (Lipinski definition) is 4. The maximum atomic E-state index is 12.2. The number of cyclic esters (lactones) is 1. The molecule has 5 atom stereocenters. The first-order valence-electron chi connectivity index (χ1n) is 12.0. The highest BCUT2D eigenvalue weighted by Crippen LogP contribution is 2.18. The number of ether oxygens (including phenoxy) is 1. The summed E-state index contributed by atoms with van der Waals surface area (Å²) < 4.78 is 5.51. The summed E-state index contributed by atoms with van der Waals surface area (Å²) in [6.07, 6.45) is 12.9. The van der Waals surface area contributed by atoms with Crippen LogP contribution in [0.25, 0.3) is 0 Å². The van der Waals surface area contributed by atoms with E-state index in [1.807, 2.05) is 0 Å². The quantitative estimate of drug-likeness (QED) is 0.508. The first kappa shape index (κ1) is 27.1. The van der Waals surface area contributed by atoms with E-state index in [0.29, 0.717) is 12.8 Å². The Bertz CT molecular complexity index is 465. The smallest absolute Gasteiger partial charge is 0.330 e. The van der Waals surface area contributed by atoms with Crippen molar-refractivity contribution >= 4 is 5.97 Å². The molecule has 1 heterocycles. The van der Waals surface area contributed by atoms with E-state index in [9.17, 15) is 25.2 Å². The Morgan fingerprint density at radius 2 is 1.40 bits per heavy atom. The minimum absolute atomic E-state index is 0.245. The van der Waals surface area contributed by atoms with E-state index < -0.39 is 36.5 Å². The van der Waals surface area contributed by atoms with Gasteiger partial charge in [-0.05, 0) is 38.7 Å². The molecule has 4 N–H and O–H groups in total. The highest BCUT2D eigenvalue weighted by atomic mass is 16.5. The fraction of sp³-hybridized carbons (Fsp3) is 0.875. The summed E-state index contributed by atoms with van der Waals surface area (Å²) in [6, 6.07) is 0. The van der Waals surface area contributed by atoms with Gasteiger partial charge in [-0.3, -0.25) is 0 Å². The third-order valence-corrected chi connectivity index (χ3v) is 5.78. The fourth-order valence-corrected chi connectivity index (χ4v) is 4.01. The summed E-state index contributed by atoms with van der Waals surface area (Å²) >= 11 is 0. The summed E-state index contributed by atoms with van der Waals surface area (Å²) in [7, 11) is 0. The van der Waals surface area contributed by atoms with Crippen LogP contribution in [0.5, 0.6) is 0 Å². The molecule has 1 aliphatic rings. The molecule has 0 spiro atoms. The second-order valence-corrected chi connectivity index (χ2v) is 8.92. The second kappa shape index (κ2) is 16.7. The zero-order valence-electron chi connectivity index (χ0n) is 18.8. The molecule has 1 rings (SSSR count). The molecule has 0 saturated carbocycles. The average molecular weight is 429 g/mol. The van der Waals surface area contributed by atoms with Crippen molar-refractivity contribution in [3.05, 3.63) is 12.2 Å². The van der Waals surface area contributed by atoms with Crippen molar-refractivity contribution in [2.75, 3.05) is 0 Å². The van der Waals surface area contributed by atoms with Crippen LogP contribution in [-0.4, -0.2) is 56.9 Å². The van der Waals surface area contributed by atoms with Gasteiger partial charge in [-0.2, -0.15) is 0 Å².